The van der Waals surface area contributed by atoms with Gasteiger partial charge in [0.2, 0.25) is 0 Å². The highest BCUT2D eigenvalue weighted by Gasteiger charge is 2.62. The van der Waals surface area contributed by atoms with Gasteiger partial charge in [-0.1, -0.05) is 13.8 Å². The number of hydrogen-bond donors (Lipinski definition) is 0. The first kappa shape index (κ1) is 8.28. The lowest BCUT2D eigenvalue weighted by molar-refractivity contribution is -0.119. The van der Waals surface area contributed by atoms with Gasteiger partial charge in [-0.2, -0.15) is 0 Å². The van der Waals surface area contributed by atoms with Crippen LogP contribution >= 0.6 is 0 Å². The third-order valence-electron chi connectivity index (χ3n) is 4.43. The lowest BCUT2D eigenvalue weighted by atomic mass is 9.87. The maximum Gasteiger partial charge on any atom is 0.133 e. The summed E-state index contributed by atoms with van der Waals surface area (Å²) in [6.45, 7) is 6.42. The summed E-state index contributed by atoms with van der Waals surface area (Å²) in [5.41, 5.74) is 0.464. The molecule has 0 amide bonds. The Balaban J connectivity index is 2.12. The van der Waals surface area contributed by atoms with E-state index in [-0.39, 0.29) is 0 Å². The molecule has 1 nitrogen and oxygen atoms in total. The van der Waals surface area contributed by atoms with Crippen molar-refractivity contribution < 1.29 is 4.79 Å². The Hall–Kier alpha value is -0.330. The molecule has 0 N–H and O–H groups in total. The fourth-order valence-electron chi connectivity index (χ4n) is 3.19. The van der Waals surface area contributed by atoms with Crippen LogP contribution in [0.2, 0.25) is 0 Å². The van der Waals surface area contributed by atoms with Crippen LogP contribution in [0.5, 0.6) is 0 Å². The van der Waals surface area contributed by atoms with Crippen molar-refractivity contribution in [1.82, 2.24) is 0 Å². The molecule has 0 aromatic rings. The predicted octanol–water partition coefficient (Wildman–Crippen LogP) is 2.65. The molecule has 0 aliphatic heterocycles. The second-order valence-corrected chi connectivity index (χ2v) is 4.91. The first-order valence-corrected chi connectivity index (χ1v) is 5.08. The summed E-state index contributed by atoms with van der Waals surface area (Å²) in [6, 6.07) is 0. The molecule has 0 bridgehead atoms. The minimum absolute atomic E-state index is 0.427. The van der Waals surface area contributed by atoms with Gasteiger partial charge in [-0.15, -0.1) is 0 Å². The Morgan fingerprint density at radius 3 is 2.42 bits per heavy atom. The van der Waals surface area contributed by atoms with Crippen LogP contribution in [0.25, 0.3) is 0 Å². The molecule has 2 fully saturated rings. The molecule has 4 atom stereocenters. The molecule has 0 saturated heterocycles. The molecule has 0 aromatic heterocycles. The Labute approximate surface area is 74.5 Å². The molecule has 0 radical (unpaired) electrons. The first-order chi connectivity index (χ1) is 5.58. The van der Waals surface area contributed by atoms with Gasteiger partial charge in [0.15, 0.2) is 0 Å². The predicted molar refractivity (Wildman–Crippen MR) is 48.8 cm³/mol. The van der Waals surface area contributed by atoms with Crippen LogP contribution in [-0.4, -0.2) is 5.78 Å². The van der Waals surface area contributed by atoms with Crippen molar-refractivity contribution in [2.45, 2.75) is 40.0 Å². The summed E-state index contributed by atoms with van der Waals surface area (Å²) < 4.78 is 0. The van der Waals surface area contributed by atoms with Crippen molar-refractivity contribution in [3.63, 3.8) is 0 Å². The molecule has 2 aliphatic carbocycles. The van der Waals surface area contributed by atoms with Gasteiger partial charge in [-0.25, -0.2) is 0 Å². The molecular formula is C11H18O. The number of ketones is 1. The molecule has 4 unspecified atom stereocenters. The van der Waals surface area contributed by atoms with E-state index in [1.54, 1.807) is 6.92 Å². The zero-order valence-corrected chi connectivity index (χ0v) is 8.26. The SMILES string of the molecule is CC(=O)C1CC12CCC(C)C2C. The summed E-state index contributed by atoms with van der Waals surface area (Å²) in [6.07, 6.45) is 3.83. The highest BCUT2D eigenvalue weighted by Crippen LogP contribution is 2.67. The highest BCUT2D eigenvalue weighted by atomic mass is 16.1. The Morgan fingerprint density at radius 1 is 1.42 bits per heavy atom. The normalized spacial score (nSPS) is 51.4. The fraction of sp³-hybridized carbons (Fsp3) is 0.909. The Bertz CT molecular complexity index is 221. The number of Topliss-reactive ketones (excluding diaryl/α,β-unsaturated/α-hetero) is 1. The van der Waals surface area contributed by atoms with Crippen LogP contribution in [0.3, 0.4) is 0 Å². The molecule has 2 aliphatic rings. The third kappa shape index (κ3) is 0.884. The van der Waals surface area contributed by atoms with Crippen LogP contribution in [0.4, 0.5) is 0 Å². The van der Waals surface area contributed by atoms with Crippen molar-refractivity contribution >= 4 is 5.78 Å². The summed E-state index contributed by atoms with van der Waals surface area (Å²) >= 11 is 0. The molecule has 68 valence electrons. The molecule has 1 spiro atoms. The van der Waals surface area contributed by atoms with Crippen LogP contribution < -0.4 is 0 Å². The van der Waals surface area contributed by atoms with Gasteiger partial charge in [0.1, 0.15) is 5.78 Å². The second-order valence-electron chi connectivity index (χ2n) is 4.91. The van der Waals surface area contributed by atoms with E-state index in [2.05, 4.69) is 13.8 Å². The summed E-state index contributed by atoms with van der Waals surface area (Å²) in [5, 5.41) is 0. The number of carbonyl (C=O) groups is 1. The van der Waals surface area contributed by atoms with Crippen molar-refractivity contribution in [3.8, 4) is 0 Å². The van der Waals surface area contributed by atoms with Gasteiger partial charge in [-0.3, -0.25) is 4.79 Å². The number of hydrogen-bond acceptors (Lipinski definition) is 1. The summed E-state index contributed by atoms with van der Waals surface area (Å²) in [7, 11) is 0. The molecular weight excluding hydrogens is 148 g/mol. The molecule has 0 heterocycles. The monoisotopic (exact) mass is 166 g/mol. The van der Waals surface area contributed by atoms with Crippen molar-refractivity contribution in [3.05, 3.63) is 0 Å². The molecule has 1 heteroatoms. The highest BCUT2D eigenvalue weighted by molar-refractivity contribution is 5.82. The van der Waals surface area contributed by atoms with Crippen LogP contribution in [0.15, 0.2) is 0 Å². The summed E-state index contributed by atoms with van der Waals surface area (Å²) in [4.78, 5) is 11.2. The second kappa shape index (κ2) is 2.34. The fourth-order valence-corrected chi connectivity index (χ4v) is 3.19. The Morgan fingerprint density at radius 2 is 2.08 bits per heavy atom. The van der Waals surface area contributed by atoms with Crippen molar-refractivity contribution in [1.29, 1.82) is 0 Å². The van der Waals surface area contributed by atoms with E-state index < -0.39 is 0 Å². The Kier molecular flexibility index (Phi) is 1.61. The minimum Gasteiger partial charge on any atom is -0.300 e. The zero-order valence-electron chi connectivity index (χ0n) is 8.26. The van der Waals surface area contributed by atoms with E-state index in [0.717, 1.165) is 11.8 Å². The van der Waals surface area contributed by atoms with Gasteiger partial charge in [0, 0.05) is 5.92 Å². The molecule has 12 heavy (non-hydrogen) atoms. The smallest absolute Gasteiger partial charge is 0.133 e. The third-order valence-corrected chi connectivity index (χ3v) is 4.43. The maximum atomic E-state index is 11.2. The van der Waals surface area contributed by atoms with E-state index >= 15 is 0 Å². The van der Waals surface area contributed by atoms with E-state index in [9.17, 15) is 4.79 Å². The number of carbonyl (C=O) groups excluding carboxylic acids is 1. The zero-order chi connectivity index (χ0) is 8.93. The summed E-state index contributed by atoms with van der Waals surface area (Å²) in [5.74, 6) is 2.48. The van der Waals surface area contributed by atoms with E-state index in [1.807, 2.05) is 0 Å². The van der Waals surface area contributed by atoms with Gasteiger partial charge in [0.25, 0.3) is 0 Å². The van der Waals surface area contributed by atoms with Crippen LogP contribution in [0, 0.1) is 23.2 Å². The van der Waals surface area contributed by atoms with Gasteiger partial charge in [-0.05, 0) is 43.4 Å². The van der Waals surface area contributed by atoms with Crippen molar-refractivity contribution in [2.75, 3.05) is 0 Å². The molecule has 0 aromatic carbocycles. The van der Waals surface area contributed by atoms with Crippen LogP contribution in [0.1, 0.15) is 40.0 Å². The van der Waals surface area contributed by atoms with Gasteiger partial charge >= 0.3 is 0 Å². The number of rotatable bonds is 1. The minimum atomic E-state index is 0.427. The van der Waals surface area contributed by atoms with E-state index in [4.69, 9.17) is 0 Å². The quantitative estimate of drug-likeness (QED) is 0.585. The average Bonchev–Trinajstić information content (AvgIpc) is 2.68. The first-order valence-electron chi connectivity index (χ1n) is 5.08. The van der Waals surface area contributed by atoms with Crippen molar-refractivity contribution in [2.24, 2.45) is 23.2 Å². The van der Waals surface area contributed by atoms with E-state index in [0.29, 0.717) is 17.1 Å². The van der Waals surface area contributed by atoms with Gasteiger partial charge in [0.05, 0.1) is 0 Å². The molecule has 2 rings (SSSR count). The lowest BCUT2D eigenvalue weighted by Crippen LogP contribution is -2.14. The van der Waals surface area contributed by atoms with E-state index in [1.165, 1.54) is 19.3 Å². The lowest BCUT2D eigenvalue weighted by Gasteiger charge is -2.17. The standard InChI is InChI=1S/C11H18O/c1-7-4-5-11(8(7)2)6-10(11)9(3)12/h7-8,10H,4-6H2,1-3H3. The average molecular weight is 166 g/mol. The van der Waals surface area contributed by atoms with Gasteiger partial charge < -0.3 is 0 Å². The molecule has 2 saturated carbocycles. The largest absolute Gasteiger partial charge is 0.300 e. The van der Waals surface area contributed by atoms with Crippen LogP contribution in [-0.2, 0) is 4.79 Å². The topological polar surface area (TPSA) is 17.1 Å². The maximum absolute atomic E-state index is 11.2.